The van der Waals surface area contributed by atoms with Gasteiger partial charge in [0.2, 0.25) is 0 Å². The van der Waals surface area contributed by atoms with E-state index in [0.717, 1.165) is 22.1 Å². The van der Waals surface area contributed by atoms with Crippen LogP contribution in [0.25, 0.3) is 0 Å². The first-order valence-electron chi connectivity index (χ1n) is 6.68. The Bertz CT molecular complexity index is 545. The second-order valence-electron chi connectivity index (χ2n) is 5.08. The molecule has 1 aromatic rings. The predicted octanol–water partition coefficient (Wildman–Crippen LogP) is 3.66. The zero-order chi connectivity index (χ0) is 15.4. The number of hydrogen-bond acceptors (Lipinski definition) is 2. The number of likely N-dealkylation sites (tertiary alicyclic amines) is 1. The molecule has 0 aromatic heterocycles. The highest BCUT2D eigenvalue weighted by molar-refractivity contribution is 14.1. The summed E-state index contributed by atoms with van der Waals surface area (Å²) in [5, 5.41) is 12.3. The first kappa shape index (κ1) is 16.4. The lowest BCUT2D eigenvalue weighted by molar-refractivity contribution is -0.138. The quantitative estimate of drug-likeness (QED) is 0.730. The van der Waals surface area contributed by atoms with Crippen LogP contribution >= 0.6 is 34.2 Å². The fourth-order valence-electron chi connectivity index (χ4n) is 2.37. The average Bonchev–Trinajstić information content (AvgIpc) is 2.42. The Labute approximate surface area is 141 Å². The highest BCUT2D eigenvalue weighted by Crippen LogP contribution is 2.24. The summed E-state index contributed by atoms with van der Waals surface area (Å²) in [7, 11) is 0. The molecule has 5 nitrogen and oxygen atoms in total. The van der Waals surface area contributed by atoms with Gasteiger partial charge in [-0.2, -0.15) is 0 Å². The van der Waals surface area contributed by atoms with Crippen molar-refractivity contribution in [3.63, 3.8) is 0 Å². The van der Waals surface area contributed by atoms with Crippen molar-refractivity contribution >= 4 is 51.9 Å². The summed E-state index contributed by atoms with van der Waals surface area (Å²) in [6.07, 6.45) is 1.65. The lowest BCUT2D eigenvalue weighted by Gasteiger charge is -2.31. The summed E-state index contributed by atoms with van der Waals surface area (Å²) in [4.78, 5) is 24.6. The zero-order valence-electron chi connectivity index (χ0n) is 11.3. The van der Waals surface area contributed by atoms with Gasteiger partial charge < -0.3 is 15.3 Å². The Balaban J connectivity index is 1.89. The fourth-order valence-corrected chi connectivity index (χ4v) is 3.38. The molecule has 1 heterocycles. The average molecular weight is 423 g/mol. The molecule has 0 radical (unpaired) electrons. The maximum atomic E-state index is 12.2. The summed E-state index contributed by atoms with van der Waals surface area (Å²) >= 11 is 8.01. The van der Waals surface area contributed by atoms with Crippen molar-refractivity contribution in [3.8, 4) is 0 Å². The largest absolute Gasteiger partial charge is 0.481 e. The van der Waals surface area contributed by atoms with Gasteiger partial charge in [0.05, 0.1) is 5.69 Å². The van der Waals surface area contributed by atoms with Gasteiger partial charge in [-0.1, -0.05) is 11.6 Å². The molecule has 7 heteroatoms. The minimum Gasteiger partial charge on any atom is -0.481 e. The van der Waals surface area contributed by atoms with Gasteiger partial charge >= 0.3 is 12.0 Å². The van der Waals surface area contributed by atoms with Crippen molar-refractivity contribution in [3.05, 3.63) is 26.8 Å². The van der Waals surface area contributed by atoms with Crippen LogP contribution in [0.1, 0.15) is 19.3 Å². The zero-order valence-corrected chi connectivity index (χ0v) is 14.2. The van der Waals surface area contributed by atoms with E-state index >= 15 is 0 Å². The van der Waals surface area contributed by atoms with Gasteiger partial charge in [-0.15, -0.1) is 0 Å². The molecule has 0 saturated carbocycles. The van der Waals surface area contributed by atoms with E-state index < -0.39 is 5.97 Å². The van der Waals surface area contributed by atoms with E-state index in [-0.39, 0.29) is 18.4 Å². The molecular formula is C14H16ClIN2O3. The van der Waals surface area contributed by atoms with Gasteiger partial charge in [-0.05, 0) is 59.5 Å². The number of halogens is 2. The van der Waals surface area contributed by atoms with Crippen LogP contribution in [-0.4, -0.2) is 35.1 Å². The minimum atomic E-state index is -0.770. The van der Waals surface area contributed by atoms with Gasteiger partial charge in [0.15, 0.2) is 0 Å². The Hall–Kier alpha value is -1.02. The standard InChI is InChI=1S/C14H16ClIN2O3/c15-10-1-2-12(11(16)8-10)17-14(21)18-5-3-9(4-6-18)7-13(19)20/h1-2,8-9H,3-7H2,(H,17,21)(H,19,20). The van der Waals surface area contributed by atoms with Crippen LogP contribution in [0, 0.1) is 9.49 Å². The normalized spacial score (nSPS) is 15.8. The Morgan fingerprint density at radius 1 is 1.38 bits per heavy atom. The summed E-state index contributed by atoms with van der Waals surface area (Å²) in [5.74, 6) is -0.601. The number of aliphatic carboxylic acids is 1. The van der Waals surface area contributed by atoms with E-state index in [9.17, 15) is 9.59 Å². The number of rotatable bonds is 3. The highest BCUT2D eigenvalue weighted by atomic mass is 127. The van der Waals surface area contributed by atoms with Crippen molar-refractivity contribution < 1.29 is 14.7 Å². The number of urea groups is 1. The number of hydrogen-bond donors (Lipinski definition) is 2. The number of carbonyl (C=O) groups excluding carboxylic acids is 1. The Morgan fingerprint density at radius 2 is 2.05 bits per heavy atom. The Morgan fingerprint density at radius 3 is 2.62 bits per heavy atom. The number of piperidine rings is 1. The fraction of sp³-hybridized carbons (Fsp3) is 0.429. The Kier molecular flexibility index (Phi) is 5.69. The molecule has 0 aliphatic carbocycles. The smallest absolute Gasteiger partial charge is 0.321 e. The van der Waals surface area contributed by atoms with Gasteiger partial charge in [-0.25, -0.2) is 4.79 Å². The molecule has 0 atom stereocenters. The number of benzene rings is 1. The van der Waals surface area contributed by atoms with E-state index in [4.69, 9.17) is 16.7 Å². The first-order valence-corrected chi connectivity index (χ1v) is 8.14. The van der Waals surface area contributed by atoms with Crippen LogP contribution in [0.2, 0.25) is 5.02 Å². The molecule has 1 aromatic carbocycles. The molecule has 114 valence electrons. The minimum absolute atomic E-state index is 0.149. The summed E-state index contributed by atoms with van der Waals surface area (Å²) in [5.41, 5.74) is 0.734. The third-order valence-corrected chi connectivity index (χ3v) is 4.67. The molecule has 2 rings (SSSR count). The number of carbonyl (C=O) groups is 2. The number of anilines is 1. The van der Waals surface area contributed by atoms with Gasteiger partial charge in [-0.3, -0.25) is 4.79 Å². The molecule has 1 fully saturated rings. The molecule has 21 heavy (non-hydrogen) atoms. The van der Waals surface area contributed by atoms with Crippen LogP contribution in [-0.2, 0) is 4.79 Å². The monoisotopic (exact) mass is 422 g/mol. The molecule has 2 N–H and O–H groups in total. The molecule has 1 aliphatic rings. The molecule has 0 bridgehead atoms. The summed E-state index contributed by atoms with van der Waals surface area (Å²) in [6.45, 7) is 1.18. The molecule has 1 aliphatic heterocycles. The molecular weight excluding hydrogens is 407 g/mol. The molecule has 0 unspecified atom stereocenters. The first-order chi connectivity index (χ1) is 9.95. The predicted molar refractivity (Wildman–Crippen MR) is 89.7 cm³/mol. The van der Waals surface area contributed by atoms with Crippen molar-refractivity contribution in [2.24, 2.45) is 5.92 Å². The molecule has 0 spiro atoms. The van der Waals surface area contributed by atoms with E-state index in [1.165, 1.54) is 0 Å². The number of amides is 2. The number of carboxylic acid groups (broad SMARTS) is 1. The number of nitrogens with zero attached hydrogens (tertiary/aromatic N) is 1. The SMILES string of the molecule is O=C(O)CC1CCN(C(=O)Nc2ccc(Cl)cc2I)CC1. The second kappa shape index (κ2) is 7.31. The van der Waals surface area contributed by atoms with E-state index in [1.54, 1.807) is 23.1 Å². The van der Waals surface area contributed by atoms with Crippen molar-refractivity contribution in [1.29, 1.82) is 0 Å². The summed E-state index contributed by atoms with van der Waals surface area (Å²) < 4.78 is 0.884. The van der Waals surface area contributed by atoms with E-state index in [1.807, 2.05) is 0 Å². The van der Waals surface area contributed by atoms with Crippen LogP contribution in [0.15, 0.2) is 18.2 Å². The van der Waals surface area contributed by atoms with Crippen LogP contribution in [0.3, 0.4) is 0 Å². The van der Waals surface area contributed by atoms with Gasteiger partial charge in [0.25, 0.3) is 0 Å². The number of nitrogens with one attached hydrogen (secondary N) is 1. The van der Waals surface area contributed by atoms with Crippen LogP contribution in [0.4, 0.5) is 10.5 Å². The lowest BCUT2D eigenvalue weighted by Crippen LogP contribution is -2.41. The lowest BCUT2D eigenvalue weighted by atomic mass is 9.94. The summed E-state index contributed by atoms with van der Waals surface area (Å²) in [6, 6.07) is 5.15. The van der Waals surface area contributed by atoms with E-state index in [2.05, 4.69) is 27.9 Å². The van der Waals surface area contributed by atoms with Crippen LogP contribution < -0.4 is 5.32 Å². The van der Waals surface area contributed by atoms with Crippen molar-refractivity contribution in [1.82, 2.24) is 4.90 Å². The van der Waals surface area contributed by atoms with Gasteiger partial charge in [0, 0.05) is 28.1 Å². The van der Waals surface area contributed by atoms with Gasteiger partial charge in [0.1, 0.15) is 0 Å². The van der Waals surface area contributed by atoms with Crippen molar-refractivity contribution in [2.45, 2.75) is 19.3 Å². The second-order valence-corrected chi connectivity index (χ2v) is 6.68. The van der Waals surface area contributed by atoms with Crippen molar-refractivity contribution in [2.75, 3.05) is 18.4 Å². The highest BCUT2D eigenvalue weighted by Gasteiger charge is 2.24. The number of carboxylic acids is 1. The topological polar surface area (TPSA) is 69.6 Å². The van der Waals surface area contributed by atoms with E-state index in [0.29, 0.717) is 18.1 Å². The maximum absolute atomic E-state index is 12.2. The maximum Gasteiger partial charge on any atom is 0.321 e. The molecule has 2 amide bonds. The van der Waals surface area contributed by atoms with Crippen LogP contribution in [0.5, 0.6) is 0 Å². The third-order valence-electron chi connectivity index (χ3n) is 3.54. The third kappa shape index (κ3) is 4.74. The molecule has 1 saturated heterocycles.